The number of fused-ring (bicyclic) bond motifs is 1. The number of aromatic nitrogens is 3. The third kappa shape index (κ3) is 4.14. The van der Waals surface area contributed by atoms with E-state index >= 15 is 0 Å². The van der Waals surface area contributed by atoms with E-state index in [4.69, 9.17) is 0 Å². The summed E-state index contributed by atoms with van der Waals surface area (Å²) in [4.78, 5) is 43.2. The summed E-state index contributed by atoms with van der Waals surface area (Å²) in [7, 11) is 0. The molecule has 0 bridgehead atoms. The predicted molar refractivity (Wildman–Crippen MR) is 123 cm³/mol. The van der Waals surface area contributed by atoms with Gasteiger partial charge in [-0.2, -0.15) is 11.3 Å². The molecule has 0 unspecified atom stereocenters. The minimum absolute atomic E-state index is 0.0682. The second-order valence-electron chi connectivity index (χ2n) is 7.80. The fraction of sp³-hybridized carbons (Fsp3) is 0.238. The van der Waals surface area contributed by atoms with E-state index in [1.54, 1.807) is 22.9 Å². The number of carbonyl (C=O) groups excluding carboxylic acids is 1. The number of carbonyl (C=O) groups is 1. The molecule has 154 valence electrons. The van der Waals surface area contributed by atoms with Crippen LogP contribution in [0, 0.1) is 5.41 Å². The molecule has 0 saturated heterocycles. The lowest BCUT2D eigenvalue weighted by Crippen LogP contribution is -2.33. The zero-order chi connectivity index (χ0) is 21.5. The molecule has 0 saturated carbocycles. The maximum atomic E-state index is 13.2. The summed E-state index contributed by atoms with van der Waals surface area (Å²) >= 11 is 4.18. The van der Waals surface area contributed by atoms with Crippen LogP contribution >= 0.6 is 34.0 Å². The Bertz CT molecular complexity index is 1460. The second-order valence-corrected chi connectivity index (χ2v) is 10.5. The van der Waals surface area contributed by atoms with Crippen molar-refractivity contribution < 1.29 is 4.79 Å². The van der Waals surface area contributed by atoms with E-state index in [1.807, 2.05) is 43.7 Å². The molecule has 30 heavy (non-hydrogen) atoms. The highest BCUT2D eigenvalue weighted by molar-refractivity contribution is 7.15. The molecule has 0 aromatic carbocycles. The number of Topliss-reactive ketones (excluding diaryl/α,β-unsaturated/α-hetero) is 1. The zero-order valence-corrected chi connectivity index (χ0v) is 19.1. The van der Waals surface area contributed by atoms with Crippen molar-refractivity contribution in [2.45, 2.75) is 27.3 Å². The maximum absolute atomic E-state index is 13.2. The summed E-state index contributed by atoms with van der Waals surface area (Å²) in [6, 6.07) is 3.37. The van der Waals surface area contributed by atoms with E-state index in [9.17, 15) is 14.4 Å². The summed E-state index contributed by atoms with van der Waals surface area (Å²) in [5, 5.41) is 5.70. The first-order chi connectivity index (χ1) is 14.2. The normalized spacial score (nSPS) is 13.4. The van der Waals surface area contributed by atoms with Crippen molar-refractivity contribution in [3.63, 3.8) is 0 Å². The van der Waals surface area contributed by atoms with Gasteiger partial charge in [0.1, 0.15) is 4.66 Å². The van der Waals surface area contributed by atoms with Gasteiger partial charge < -0.3 is 0 Å². The first-order valence-corrected chi connectivity index (χ1v) is 11.8. The Kier molecular flexibility index (Phi) is 5.44. The first kappa shape index (κ1) is 20.6. The Labute approximate surface area is 183 Å². The number of nitrogens with zero attached hydrogens (tertiary/aromatic N) is 3. The molecule has 4 aromatic rings. The summed E-state index contributed by atoms with van der Waals surface area (Å²) in [6.45, 7) is 5.65. The van der Waals surface area contributed by atoms with Crippen LogP contribution in [0.4, 0.5) is 0 Å². The molecular formula is C21H19N3O3S3. The monoisotopic (exact) mass is 457 g/mol. The second kappa shape index (κ2) is 7.90. The molecule has 4 rings (SSSR count). The van der Waals surface area contributed by atoms with Crippen molar-refractivity contribution in [1.82, 2.24) is 14.0 Å². The average Bonchev–Trinajstić information content (AvgIpc) is 3.39. The molecule has 9 heteroatoms. The number of thiophene rings is 1. The highest BCUT2D eigenvalue weighted by atomic mass is 32.1. The lowest BCUT2D eigenvalue weighted by Gasteiger charge is -2.12. The summed E-state index contributed by atoms with van der Waals surface area (Å²) in [5.74, 6) is -0.0682. The molecule has 0 aliphatic heterocycles. The van der Waals surface area contributed by atoms with Crippen LogP contribution in [-0.2, 0) is 11.3 Å². The van der Waals surface area contributed by atoms with Crippen LogP contribution in [0.15, 0.2) is 44.1 Å². The lowest BCUT2D eigenvalue weighted by molar-refractivity contribution is -0.120. The maximum Gasteiger partial charge on any atom is 0.269 e. The summed E-state index contributed by atoms with van der Waals surface area (Å²) in [6.07, 6.45) is 5.02. The molecule has 0 radical (unpaired) electrons. The van der Waals surface area contributed by atoms with E-state index in [2.05, 4.69) is 4.98 Å². The van der Waals surface area contributed by atoms with Crippen molar-refractivity contribution in [2.24, 2.45) is 5.41 Å². The molecule has 0 aliphatic rings. The standard InChI is InChI=1S/C21H19N3O3S3/c1-21(2,3)16(25)10-18-24(19(27)15(30-18)8-13-4-6-28-12-13)11-14-9-17(26)23-5-7-29-20(23)22-14/h4-10,12H,11H2,1-3H3/b15-8+,18-10-. The Morgan fingerprint density at radius 2 is 2.03 bits per heavy atom. The van der Waals surface area contributed by atoms with Gasteiger partial charge in [0, 0.05) is 29.1 Å². The van der Waals surface area contributed by atoms with Crippen molar-refractivity contribution >= 4 is 56.9 Å². The van der Waals surface area contributed by atoms with Gasteiger partial charge in [-0.3, -0.25) is 23.4 Å². The molecule has 0 fully saturated rings. The van der Waals surface area contributed by atoms with Crippen LogP contribution in [0.3, 0.4) is 0 Å². The van der Waals surface area contributed by atoms with E-state index in [0.29, 0.717) is 19.8 Å². The van der Waals surface area contributed by atoms with E-state index < -0.39 is 5.41 Å². The van der Waals surface area contributed by atoms with Crippen molar-refractivity contribution in [1.29, 1.82) is 0 Å². The van der Waals surface area contributed by atoms with Crippen LogP contribution in [0.5, 0.6) is 0 Å². The van der Waals surface area contributed by atoms with Crippen LogP contribution in [0.25, 0.3) is 17.1 Å². The summed E-state index contributed by atoms with van der Waals surface area (Å²) in [5.41, 5.74) is 0.473. The average molecular weight is 458 g/mol. The van der Waals surface area contributed by atoms with Gasteiger partial charge >= 0.3 is 0 Å². The van der Waals surface area contributed by atoms with Gasteiger partial charge in [0.05, 0.1) is 16.8 Å². The first-order valence-electron chi connectivity index (χ1n) is 9.18. The lowest BCUT2D eigenvalue weighted by atomic mass is 9.91. The molecule has 4 heterocycles. The highest BCUT2D eigenvalue weighted by Gasteiger charge is 2.20. The Hall–Kier alpha value is -2.62. The van der Waals surface area contributed by atoms with Gasteiger partial charge in [0.15, 0.2) is 10.7 Å². The van der Waals surface area contributed by atoms with E-state index in [1.165, 1.54) is 43.8 Å². The van der Waals surface area contributed by atoms with E-state index in [0.717, 1.165) is 5.56 Å². The molecular weight excluding hydrogens is 438 g/mol. The van der Waals surface area contributed by atoms with Gasteiger partial charge in [0.2, 0.25) is 0 Å². The fourth-order valence-electron chi connectivity index (χ4n) is 2.76. The fourth-order valence-corrected chi connectivity index (χ4v) is 5.16. The minimum atomic E-state index is -0.560. The number of rotatable bonds is 4. The zero-order valence-electron chi connectivity index (χ0n) is 16.6. The van der Waals surface area contributed by atoms with Crippen LogP contribution < -0.4 is 20.3 Å². The van der Waals surface area contributed by atoms with Gasteiger partial charge in [-0.1, -0.05) is 20.8 Å². The quantitative estimate of drug-likeness (QED) is 0.471. The minimum Gasteiger partial charge on any atom is -0.294 e. The third-order valence-corrected chi connectivity index (χ3v) is 6.97. The topological polar surface area (TPSA) is 73.4 Å². The van der Waals surface area contributed by atoms with Gasteiger partial charge in [-0.05, 0) is 28.5 Å². The van der Waals surface area contributed by atoms with Gasteiger partial charge in [0.25, 0.3) is 11.1 Å². The molecule has 0 spiro atoms. The number of hydrogen-bond donors (Lipinski definition) is 0. The van der Waals surface area contributed by atoms with Crippen molar-refractivity contribution in [2.75, 3.05) is 0 Å². The molecule has 0 aliphatic carbocycles. The van der Waals surface area contributed by atoms with Crippen molar-refractivity contribution in [3.8, 4) is 0 Å². The van der Waals surface area contributed by atoms with Crippen LogP contribution in [0.2, 0.25) is 0 Å². The smallest absolute Gasteiger partial charge is 0.269 e. The van der Waals surface area contributed by atoms with Crippen LogP contribution in [0.1, 0.15) is 32.0 Å². The molecule has 4 aromatic heterocycles. The molecule has 0 amide bonds. The highest BCUT2D eigenvalue weighted by Crippen LogP contribution is 2.15. The Morgan fingerprint density at radius 1 is 1.23 bits per heavy atom. The van der Waals surface area contributed by atoms with Gasteiger partial charge in [-0.15, -0.1) is 22.7 Å². The number of thiazole rings is 2. The molecule has 6 nitrogen and oxygen atoms in total. The largest absolute Gasteiger partial charge is 0.294 e. The van der Waals surface area contributed by atoms with Crippen molar-refractivity contribution in [3.05, 3.63) is 75.6 Å². The SMILES string of the molecule is CC(C)(C)C(=O)/C=c1\s/c(=C/c2ccsc2)c(=O)n1Cc1cc(=O)n2ccsc2n1. The molecule has 0 atom stereocenters. The third-order valence-electron chi connectivity index (χ3n) is 4.45. The van der Waals surface area contributed by atoms with Gasteiger partial charge in [-0.25, -0.2) is 4.98 Å². The number of ketones is 1. The summed E-state index contributed by atoms with van der Waals surface area (Å²) < 4.78 is 4.08. The number of hydrogen-bond acceptors (Lipinski definition) is 7. The molecule has 0 N–H and O–H groups in total. The Balaban J connectivity index is 1.89. The van der Waals surface area contributed by atoms with E-state index in [-0.39, 0.29) is 23.4 Å². The Morgan fingerprint density at radius 3 is 2.73 bits per heavy atom. The van der Waals surface area contributed by atoms with Crippen LogP contribution in [-0.4, -0.2) is 19.7 Å². The predicted octanol–water partition coefficient (Wildman–Crippen LogP) is 2.31.